The Balaban J connectivity index is 1.36. The van der Waals surface area contributed by atoms with Crippen molar-refractivity contribution >= 4 is 29.0 Å². The normalized spacial score (nSPS) is 15.9. The SMILES string of the molecule is Cc1cc(-c2cnc3c(NCC4CCSCC4)cc(Oc4cccc(F)c4F)nn23)ccc1C(=O)NC1CC1. The molecular weight excluding hydrogens is 520 g/mol. The summed E-state index contributed by atoms with van der Waals surface area (Å²) in [6.07, 6.45) is 6.04. The highest BCUT2D eigenvalue weighted by Gasteiger charge is 2.25. The monoisotopic (exact) mass is 549 g/mol. The molecule has 2 fully saturated rings. The number of benzene rings is 2. The van der Waals surface area contributed by atoms with Crippen molar-refractivity contribution in [1.82, 2.24) is 19.9 Å². The maximum absolute atomic E-state index is 14.4. The molecule has 1 aliphatic heterocycles. The molecule has 2 aromatic heterocycles. The van der Waals surface area contributed by atoms with E-state index < -0.39 is 11.6 Å². The lowest BCUT2D eigenvalue weighted by Gasteiger charge is -2.22. The van der Waals surface area contributed by atoms with Crippen LogP contribution >= 0.6 is 11.8 Å². The van der Waals surface area contributed by atoms with E-state index in [0.717, 1.165) is 60.9 Å². The second kappa shape index (κ2) is 10.8. The molecule has 0 spiro atoms. The molecule has 0 bridgehead atoms. The van der Waals surface area contributed by atoms with Gasteiger partial charge < -0.3 is 15.4 Å². The number of hydrogen-bond donors (Lipinski definition) is 2. The first-order valence-corrected chi connectivity index (χ1v) is 14.4. The van der Waals surface area contributed by atoms with Gasteiger partial charge in [-0.05, 0) is 79.9 Å². The first-order valence-electron chi connectivity index (χ1n) is 13.2. The number of imidazole rings is 1. The van der Waals surface area contributed by atoms with Gasteiger partial charge in [0.1, 0.15) is 0 Å². The fourth-order valence-electron chi connectivity index (χ4n) is 4.77. The Kier molecular flexibility index (Phi) is 7.12. The van der Waals surface area contributed by atoms with Gasteiger partial charge in [-0.15, -0.1) is 5.10 Å². The molecule has 1 saturated heterocycles. The highest BCUT2D eigenvalue weighted by molar-refractivity contribution is 7.99. The standard InChI is InChI=1S/C29H29F2N5O2S/c1-17-13-19(5-8-21(17)29(37)34-20-6-7-20)24-16-33-28-23(32-15-18-9-11-39-12-10-18)14-26(35-36(24)28)38-25-4-2-3-22(30)27(25)31/h2-5,8,13-14,16,18,20,32H,6-7,9-12,15H2,1H3,(H,34,37). The molecule has 3 heterocycles. The molecule has 39 heavy (non-hydrogen) atoms. The van der Waals surface area contributed by atoms with E-state index in [-0.39, 0.29) is 23.6 Å². The number of anilines is 1. The van der Waals surface area contributed by atoms with Gasteiger partial charge in [-0.2, -0.15) is 16.2 Å². The largest absolute Gasteiger partial charge is 0.434 e. The summed E-state index contributed by atoms with van der Waals surface area (Å²) in [5, 5.41) is 11.1. The third-order valence-electron chi connectivity index (χ3n) is 7.18. The number of nitrogens with zero attached hydrogens (tertiary/aromatic N) is 3. The lowest BCUT2D eigenvalue weighted by atomic mass is 10.0. The van der Waals surface area contributed by atoms with Gasteiger partial charge in [-0.1, -0.05) is 12.1 Å². The van der Waals surface area contributed by atoms with Crippen LogP contribution < -0.4 is 15.4 Å². The van der Waals surface area contributed by atoms with Crippen molar-refractivity contribution in [2.75, 3.05) is 23.4 Å². The summed E-state index contributed by atoms with van der Waals surface area (Å²) >= 11 is 1.97. The molecule has 2 aromatic carbocycles. The summed E-state index contributed by atoms with van der Waals surface area (Å²) in [5.74, 6) is 0.543. The summed E-state index contributed by atoms with van der Waals surface area (Å²) < 4.78 is 35.6. The molecule has 0 atom stereocenters. The minimum atomic E-state index is -1.07. The molecule has 7 nitrogen and oxygen atoms in total. The molecule has 1 saturated carbocycles. The fraction of sp³-hybridized carbons (Fsp3) is 0.345. The Bertz CT molecular complexity index is 1530. The van der Waals surface area contributed by atoms with Gasteiger partial charge in [-0.25, -0.2) is 13.9 Å². The predicted octanol–water partition coefficient (Wildman–Crippen LogP) is 6.22. The van der Waals surface area contributed by atoms with Crippen LogP contribution in [0.5, 0.6) is 11.6 Å². The molecule has 4 aromatic rings. The zero-order valence-electron chi connectivity index (χ0n) is 21.5. The molecule has 0 unspecified atom stereocenters. The van der Waals surface area contributed by atoms with E-state index in [2.05, 4.69) is 20.7 Å². The highest BCUT2D eigenvalue weighted by atomic mass is 32.2. The summed E-state index contributed by atoms with van der Waals surface area (Å²) in [5.41, 5.74) is 4.26. The van der Waals surface area contributed by atoms with Crippen LogP contribution in [0.4, 0.5) is 14.5 Å². The third kappa shape index (κ3) is 5.56. The maximum Gasteiger partial charge on any atom is 0.251 e. The lowest BCUT2D eigenvalue weighted by Crippen LogP contribution is -2.26. The number of hydrogen-bond acceptors (Lipinski definition) is 6. The Morgan fingerprint density at radius 2 is 1.95 bits per heavy atom. The smallest absolute Gasteiger partial charge is 0.251 e. The number of fused-ring (bicyclic) bond motifs is 1. The second-order valence-electron chi connectivity index (χ2n) is 10.1. The van der Waals surface area contributed by atoms with E-state index in [1.54, 1.807) is 16.8 Å². The van der Waals surface area contributed by atoms with E-state index in [1.165, 1.54) is 12.1 Å². The van der Waals surface area contributed by atoms with Gasteiger partial charge >= 0.3 is 0 Å². The maximum atomic E-state index is 14.4. The number of nitrogens with one attached hydrogen (secondary N) is 2. The fourth-order valence-corrected chi connectivity index (χ4v) is 5.98. The van der Waals surface area contributed by atoms with Crippen LogP contribution in [0, 0.1) is 24.5 Å². The van der Waals surface area contributed by atoms with Crippen molar-refractivity contribution < 1.29 is 18.3 Å². The van der Waals surface area contributed by atoms with Crippen LogP contribution in [0.1, 0.15) is 41.6 Å². The average Bonchev–Trinajstić information content (AvgIpc) is 3.65. The number of rotatable bonds is 8. The van der Waals surface area contributed by atoms with Gasteiger partial charge in [0.15, 0.2) is 17.2 Å². The van der Waals surface area contributed by atoms with E-state index in [1.807, 2.05) is 36.9 Å². The first-order chi connectivity index (χ1) is 19.0. The van der Waals surface area contributed by atoms with Gasteiger partial charge in [0.05, 0.1) is 17.6 Å². The van der Waals surface area contributed by atoms with Crippen LogP contribution in [0.25, 0.3) is 16.9 Å². The van der Waals surface area contributed by atoms with Crippen LogP contribution in [-0.4, -0.2) is 44.6 Å². The zero-order valence-corrected chi connectivity index (χ0v) is 22.4. The molecule has 0 radical (unpaired) electrons. The molecule has 1 amide bonds. The van der Waals surface area contributed by atoms with Crippen molar-refractivity contribution in [3.8, 4) is 22.9 Å². The first kappa shape index (κ1) is 25.6. The van der Waals surface area contributed by atoms with E-state index in [9.17, 15) is 13.6 Å². The molecular formula is C29H29F2N5O2S. The van der Waals surface area contributed by atoms with Gasteiger partial charge in [0.2, 0.25) is 11.7 Å². The highest BCUT2D eigenvalue weighted by Crippen LogP contribution is 2.32. The van der Waals surface area contributed by atoms with Crippen LogP contribution in [0.15, 0.2) is 48.7 Å². The number of carbonyl (C=O) groups excluding carboxylic acids is 1. The minimum Gasteiger partial charge on any atom is -0.434 e. The summed E-state index contributed by atoms with van der Waals surface area (Å²) in [4.78, 5) is 17.3. The molecule has 10 heteroatoms. The number of thioether (sulfide) groups is 1. The van der Waals surface area contributed by atoms with Gasteiger partial charge in [0, 0.05) is 29.8 Å². The van der Waals surface area contributed by atoms with Crippen LogP contribution in [-0.2, 0) is 0 Å². The molecule has 2 N–H and O–H groups in total. The van der Waals surface area contributed by atoms with Gasteiger partial charge in [0.25, 0.3) is 5.91 Å². The van der Waals surface area contributed by atoms with Crippen molar-refractivity contribution in [3.05, 3.63) is 71.4 Å². The van der Waals surface area contributed by atoms with Crippen molar-refractivity contribution in [2.45, 2.75) is 38.6 Å². The quantitative estimate of drug-likeness (QED) is 0.272. The van der Waals surface area contributed by atoms with Crippen molar-refractivity contribution in [3.63, 3.8) is 0 Å². The van der Waals surface area contributed by atoms with Crippen LogP contribution in [0.2, 0.25) is 0 Å². The number of ether oxygens (including phenoxy) is 1. The van der Waals surface area contributed by atoms with Gasteiger partial charge in [-0.3, -0.25) is 4.79 Å². The minimum absolute atomic E-state index is 0.0711. The topological polar surface area (TPSA) is 80.6 Å². The Morgan fingerprint density at radius 3 is 2.72 bits per heavy atom. The molecule has 1 aliphatic carbocycles. The second-order valence-corrected chi connectivity index (χ2v) is 11.4. The predicted molar refractivity (Wildman–Crippen MR) is 149 cm³/mol. The van der Waals surface area contributed by atoms with Crippen LogP contribution in [0.3, 0.4) is 0 Å². The third-order valence-corrected chi connectivity index (χ3v) is 8.23. The number of halogens is 2. The van der Waals surface area contributed by atoms with E-state index >= 15 is 0 Å². The number of aromatic nitrogens is 3. The summed E-state index contributed by atoms with van der Waals surface area (Å²) in [7, 11) is 0. The molecule has 6 rings (SSSR count). The number of aryl methyl sites for hydroxylation is 1. The van der Waals surface area contributed by atoms with E-state index in [0.29, 0.717) is 28.5 Å². The molecule has 2 aliphatic rings. The Hall–Kier alpha value is -3.66. The van der Waals surface area contributed by atoms with Crippen molar-refractivity contribution in [1.29, 1.82) is 0 Å². The lowest BCUT2D eigenvalue weighted by molar-refractivity contribution is 0.0950. The Morgan fingerprint density at radius 1 is 1.13 bits per heavy atom. The zero-order chi connectivity index (χ0) is 26.9. The number of amides is 1. The summed E-state index contributed by atoms with van der Waals surface area (Å²) in [6, 6.07) is 11.3. The number of carbonyl (C=O) groups is 1. The van der Waals surface area contributed by atoms with E-state index in [4.69, 9.17) is 4.74 Å². The Labute approximate surface area is 229 Å². The summed E-state index contributed by atoms with van der Waals surface area (Å²) in [6.45, 7) is 2.67. The average molecular weight is 550 g/mol. The van der Waals surface area contributed by atoms with Crippen molar-refractivity contribution in [2.24, 2.45) is 5.92 Å². The molecule has 202 valence electrons.